The van der Waals surface area contributed by atoms with Crippen molar-refractivity contribution in [2.45, 2.75) is 0 Å². The minimum atomic E-state index is 0.277. The summed E-state index contributed by atoms with van der Waals surface area (Å²) in [6, 6.07) is 15.6. The van der Waals surface area contributed by atoms with Gasteiger partial charge in [-0.05, 0) is 24.3 Å². The molecular weight excluding hydrogens is 256 g/mol. The van der Waals surface area contributed by atoms with Crippen molar-refractivity contribution < 1.29 is 5.11 Å². The van der Waals surface area contributed by atoms with E-state index >= 15 is 0 Å². The molecule has 0 unspecified atom stereocenters. The van der Waals surface area contributed by atoms with E-state index in [-0.39, 0.29) is 5.75 Å². The molecule has 4 rings (SSSR count). The average molecular weight is 266 g/mol. The minimum absolute atomic E-state index is 0.277. The Kier molecular flexibility index (Phi) is 2.13. The number of phenolic OH excluding ortho intramolecular Hbond substituents is 1. The quantitative estimate of drug-likeness (QED) is 0.567. The summed E-state index contributed by atoms with van der Waals surface area (Å²) >= 11 is 1.65. The first-order valence-corrected chi connectivity index (χ1v) is 6.79. The second-order valence-corrected chi connectivity index (χ2v) is 5.36. The van der Waals surface area contributed by atoms with Crippen LogP contribution in [-0.2, 0) is 0 Å². The molecule has 1 N–H and O–H groups in total. The van der Waals surface area contributed by atoms with E-state index in [1.807, 2.05) is 36.5 Å². The van der Waals surface area contributed by atoms with Crippen molar-refractivity contribution >= 4 is 26.5 Å². The zero-order valence-electron chi connectivity index (χ0n) is 9.95. The predicted molar refractivity (Wildman–Crippen MR) is 77.7 cm³/mol. The van der Waals surface area contributed by atoms with Gasteiger partial charge in [-0.1, -0.05) is 35.6 Å². The van der Waals surface area contributed by atoms with E-state index in [1.165, 1.54) is 4.70 Å². The Morgan fingerprint density at radius 1 is 1.00 bits per heavy atom. The molecule has 4 aromatic rings. The summed E-state index contributed by atoms with van der Waals surface area (Å²) in [7, 11) is 0. The summed E-state index contributed by atoms with van der Waals surface area (Å²) in [4.78, 5) is 5.39. The lowest BCUT2D eigenvalue weighted by molar-refractivity contribution is 0.477. The molecule has 0 fully saturated rings. The van der Waals surface area contributed by atoms with Crippen LogP contribution in [0.15, 0.2) is 54.7 Å². The number of hydrogen-bond acceptors (Lipinski definition) is 3. The molecule has 0 saturated carbocycles. The van der Waals surface area contributed by atoms with E-state index in [1.54, 1.807) is 17.4 Å². The molecule has 19 heavy (non-hydrogen) atoms. The zero-order chi connectivity index (χ0) is 12.8. The Morgan fingerprint density at radius 2 is 1.79 bits per heavy atom. The minimum Gasteiger partial charge on any atom is -0.507 e. The van der Waals surface area contributed by atoms with Gasteiger partial charge in [-0.15, -0.1) is 0 Å². The Bertz CT molecular complexity index is 891. The Morgan fingerprint density at radius 3 is 2.68 bits per heavy atom. The normalized spacial score (nSPS) is 11.4. The van der Waals surface area contributed by atoms with Crippen LogP contribution in [-0.4, -0.2) is 14.5 Å². The molecule has 0 aliphatic heterocycles. The van der Waals surface area contributed by atoms with Crippen molar-refractivity contribution in [3.63, 3.8) is 0 Å². The molecule has 4 heteroatoms. The van der Waals surface area contributed by atoms with Crippen LogP contribution in [0.2, 0.25) is 0 Å². The lowest BCUT2D eigenvalue weighted by atomic mass is 10.1. The van der Waals surface area contributed by atoms with Gasteiger partial charge in [0.05, 0.1) is 22.1 Å². The molecule has 3 nitrogen and oxygen atoms in total. The van der Waals surface area contributed by atoms with Crippen LogP contribution >= 0.6 is 11.3 Å². The highest BCUT2D eigenvalue weighted by atomic mass is 32.1. The molecule has 2 aromatic carbocycles. The van der Waals surface area contributed by atoms with Gasteiger partial charge in [-0.2, -0.15) is 0 Å². The number of rotatable bonds is 1. The molecule has 2 heterocycles. The van der Waals surface area contributed by atoms with Crippen LogP contribution in [0.25, 0.3) is 26.4 Å². The van der Waals surface area contributed by atoms with E-state index in [9.17, 15) is 5.11 Å². The van der Waals surface area contributed by atoms with Gasteiger partial charge in [-0.25, -0.2) is 4.98 Å². The van der Waals surface area contributed by atoms with E-state index < -0.39 is 0 Å². The Balaban J connectivity index is 2.13. The van der Waals surface area contributed by atoms with E-state index in [4.69, 9.17) is 0 Å². The lowest BCUT2D eigenvalue weighted by Crippen LogP contribution is -1.85. The van der Waals surface area contributed by atoms with E-state index in [0.717, 1.165) is 21.7 Å². The third-order valence-corrected chi connectivity index (χ3v) is 4.25. The molecular formula is C15H10N2OS. The second-order valence-electron chi connectivity index (χ2n) is 4.35. The summed E-state index contributed by atoms with van der Waals surface area (Å²) in [6.07, 6.45) is 1.81. The third kappa shape index (κ3) is 1.47. The summed E-state index contributed by atoms with van der Waals surface area (Å²) in [5.41, 5.74) is 2.85. The third-order valence-electron chi connectivity index (χ3n) is 3.22. The van der Waals surface area contributed by atoms with Crippen LogP contribution in [0.5, 0.6) is 5.75 Å². The monoisotopic (exact) mass is 266 g/mol. The van der Waals surface area contributed by atoms with E-state index in [2.05, 4.69) is 21.5 Å². The molecule has 0 amide bonds. The molecule has 0 spiro atoms. The molecule has 0 aliphatic carbocycles. The summed E-state index contributed by atoms with van der Waals surface area (Å²) in [5.74, 6) is 0.277. The number of nitrogens with zero attached hydrogens (tertiary/aromatic N) is 2. The first-order chi connectivity index (χ1) is 9.34. The van der Waals surface area contributed by atoms with Gasteiger partial charge in [0.15, 0.2) is 4.96 Å². The molecule has 0 atom stereocenters. The van der Waals surface area contributed by atoms with Crippen molar-refractivity contribution in [3.8, 4) is 17.0 Å². The number of fused-ring (bicyclic) bond motifs is 3. The van der Waals surface area contributed by atoms with Crippen LogP contribution in [0, 0.1) is 0 Å². The molecule has 0 radical (unpaired) electrons. The topological polar surface area (TPSA) is 37.5 Å². The number of hydrogen-bond donors (Lipinski definition) is 1. The summed E-state index contributed by atoms with van der Waals surface area (Å²) < 4.78 is 3.29. The number of para-hydroxylation sites is 2. The Hall–Kier alpha value is -2.33. The molecule has 2 aromatic heterocycles. The van der Waals surface area contributed by atoms with Crippen molar-refractivity contribution in [2.24, 2.45) is 0 Å². The van der Waals surface area contributed by atoms with Crippen LogP contribution in [0.4, 0.5) is 0 Å². The van der Waals surface area contributed by atoms with Crippen molar-refractivity contribution in [1.82, 2.24) is 9.38 Å². The second kappa shape index (κ2) is 3.83. The number of phenols is 1. The maximum atomic E-state index is 10.0. The average Bonchev–Trinajstić information content (AvgIpc) is 2.98. The van der Waals surface area contributed by atoms with Gasteiger partial charge in [0.25, 0.3) is 0 Å². The van der Waals surface area contributed by atoms with Crippen molar-refractivity contribution in [1.29, 1.82) is 0 Å². The highest BCUT2D eigenvalue weighted by molar-refractivity contribution is 7.23. The summed E-state index contributed by atoms with van der Waals surface area (Å²) in [5, 5.41) is 10.0. The maximum Gasteiger partial charge on any atom is 0.195 e. The summed E-state index contributed by atoms with van der Waals surface area (Å²) in [6.45, 7) is 0. The smallest absolute Gasteiger partial charge is 0.195 e. The van der Waals surface area contributed by atoms with Gasteiger partial charge in [0.2, 0.25) is 0 Å². The number of benzene rings is 2. The Labute approximate surface area is 113 Å². The van der Waals surface area contributed by atoms with Crippen LogP contribution in [0.3, 0.4) is 0 Å². The molecule has 0 bridgehead atoms. The molecule has 0 saturated heterocycles. The van der Waals surface area contributed by atoms with Gasteiger partial charge in [0, 0.05) is 5.56 Å². The number of aromatic nitrogens is 2. The van der Waals surface area contributed by atoms with Crippen LogP contribution in [0.1, 0.15) is 0 Å². The van der Waals surface area contributed by atoms with Crippen LogP contribution < -0.4 is 0 Å². The van der Waals surface area contributed by atoms with Gasteiger partial charge in [0.1, 0.15) is 5.75 Å². The standard InChI is InChI=1S/C15H10N2OS/c18-13-7-3-1-5-10(13)12-9-16-15-17(12)11-6-2-4-8-14(11)19-15/h1-9,18H. The SMILES string of the molecule is Oc1ccccc1-c1cnc2sc3ccccc3n12. The zero-order valence-corrected chi connectivity index (χ0v) is 10.8. The first kappa shape index (κ1) is 10.6. The first-order valence-electron chi connectivity index (χ1n) is 5.98. The van der Waals surface area contributed by atoms with Gasteiger partial charge < -0.3 is 5.11 Å². The highest BCUT2D eigenvalue weighted by Crippen LogP contribution is 2.34. The van der Waals surface area contributed by atoms with Crippen molar-refractivity contribution in [2.75, 3.05) is 0 Å². The number of aromatic hydroxyl groups is 1. The number of thiazole rings is 1. The lowest BCUT2D eigenvalue weighted by Gasteiger charge is -2.03. The van der Waals surface area contributed by atoms with E-state index in [0.29, 0.717) is 0 Å². The van der Waals surface area contributed by atoms with Gasteiger partial charge >= 0.3 is 0 Å². The fourth-order valence-electron chi connectivity index (χ4n) is 2.35. The maximum absolute atomic E-state index is 10.0. The fraction of sp³-hybridized carbons (Fsp3) is 0. The largest absolute Gasteiger partial charge is 0.507 e. The fourth-order valence-corrected chi connectivity index (χ4v) is 3.35. The molecule has 92 valence electrons. The van der Waals surface area contributed by atoms with Gasteiger partial charge in [-0.3, -0.25) is 4.40 Å². The molecule has 0 aliphatic rings. The number of imidazole rings is 1. The van der Waals surface area contributed by atoms with Crippen molar-refractivity contribution in [3.05, 3.63) is 54.7 Å². The highest BCUT2D eigenvalue weighted by Gasteiger charge is 2.13. The predicted octanol–water partition coefficient (Wildman–Crippen LogP) is 3.92.